The van der Waals surface area contributed by atoms with Gasteiger partial charge in [-0.05, 0) is 35.9 Å². The zero-order valence-corrected chi connectivity index (χ0v) is 26.6. The van der Waals surface area contributed by atoms with E-state index in [9.17, 15) is 45.0 Å². The Morgan fingerprint density at radius 2 is 1.51 bits per heavy atom. The number of phenolic OH excluding ortho intramolecular Hbond substituents is 1. The van der Waals surface area contributed by atoms with Crippen molar-refractivity contribution in [2.75, 3.05) is 34.0 Å². The number of carbonyl (C=O) groups excluding carboxylic acids is 3. The molecule has 17 nitrogen and oxygen atoms in total. The van der Waals surface area contributed by atoms with E-state index in [1.807, 2.05) is 0 Å². The van der Waals surface area contributed by atoms with Crippen LogP contribution in [0, 0.1) is 0 Å². The first-order valence-electron chi connectivity index (χ1n) is 14.9. The number of hydrogen-bond acceptors (Lipinski definition) is 17. The van der Waals surface area contributed by atoms with Crippen LogP contribution in [0.25, 0.3) is 6.08 Å². The van der Waals surface area contributed by atoms with Crippen LogP contribution in [0.3, 0.4) is 0 Å². The Bertz CT molecular complexity index is 1460. The topological polar surface area (TPSA) is 246 Å². The average Bonchev–Trinajstić information content (AvgIpc) is 3.36. The van der Waals surface area contributed by atoms with Gasteiger partial charge in [0.05, 0.1) is 19.8 Å². The zero-order chi connectivity index (χ0) is 35.9. The van der Waals surface area contributed by atoms with Crippen LogP contribution >= 0.6 is 0 Å². The van der Waals surface area contributed by atoms with Gasteiger partial charge in [-0.25, -0.2) is 9.59 Å². The Labute approximate surface area is 279 Å². The van der Waals surface area contributed by atoms with Crippen LogP contribution in [-0.4, -0.2) is 137 Å². The summed E-state index contributed by atoms with van der Waals surface area (Å²) in [5, 5.41) is 63.7. The highest BCUT2D eigenvalue weighted by atomic mass is 16.8. The summed E-state index contributed by atoms with van der Waals surface area (Å²) < 4.78 is 42.9. The molecule has 0 bridgehead atoms. The lowest BCUT2D eigenvalue weighted by atomic mass is 9.98. The molecule has 2 aromatic carbocycles. The average molecular weight is 695 g/mol. The number of aliphatic hydroxyl groups is 5. The largest absolute Gasteiger partial charge is 0.502 e. The lowest BCUT2D eigenvalue weighted by Crippen LogP contribution is -2.63. The minimum Gasteiger partial charge on any atom is -0.502 e. The first-order valence-corrected chi connectivity index (χ1v) is 14.9. The van der Waals surface area contributed by atoms with Gasteiger partial charge in [0.15, 0.2) is 23.9 Å². The number of benzene rings is 2. The maximum absolute atomic E-state index is 13.0. The van der Waals surface area contributed by atoms with E-state index < -0.39 is 92.5 Å². The summed E-state index contributed by atoms with van der Waals surface area (Å²) in [4.78, 5) is 37.0. The molecule has 2 aliphatic heterocycles. The van der Waals surface area contributed by atoms with Crippen LogP contribution < -0.4 is 9.47 Å². The number of methoxy groups -OCH3 is 2. The van der Waals surface area contributed by atoms with E-state index in [1.165, 1.54) is 44.6 Å². The number of aromatic hydroxyl groups is 1. The number of hydrogen-bond donors (Lipinski definition) is 6. The van der Waals surface area contributed by atoms with E-state index in [2.05, 4.69) is 0 Å². The molecule has 0 unspecified atom stereocenters. The summed E-state index contributed by atoms with van der Waals surface area (Å²) in [6, 6.07) is 10.6. The van der Waals surface area contributed by atoms with E-state index >= 15 is 0 Å². The van der Waals surface area contributed by atoms with Gasteiger partial charge in [0.1, 0.15) is 56.4 Å². The van der Waals surface area contributed by atoms with Crippen molar-refractivity contribution in [3.05, 3.63) is 59.7 Å². The number of esters is 3. The molecule has 268 valence electrons. The fourth-order valence-electron chi connectivity index (χ4n) is 5.10. The van der Waals surface area contributed by atoms with Gasteiger partial charge in [-0.15, -0.1) is 0 Å². The van der Waals surface area contributed by atoms with Crippen LogP contribution in [0.15, 0.2) is 48.5 Å². The summed E-state index contributed by atoms with van der Waals surface area (Å²) >= 11 is 0. The van der Waals surface area contributed by atoms with Gasteiger partial charge >= 0.3 is 17.9 Å². The third kappa shape index (κ3) is 8.64. The standard InChI is InChI=1S/C32H38O17/c1-16(34)44-14-22-26(38)29(47-23(35)10-9-17-11-19(42-2)24(36)20(12-17)43-3)32(15-33,48-22)49-31-28(40)27(39)25(37)21(46-31)13-45-30(41)18-7-5-4-6-8-18/h4-12,21-22,25-29,31,33,36-40H,13-15H2,1-3H3/t21-,22-,25-,26-,27+,28-,29+,31-,32-/m1/s1. The number of rotatable bonds is 13. The van der Waals surface area contributed by atoms with Crippen molar-refractivity contribution in [1.29, 1.82) is 0 Å². The molecule has 49 heavy (non-hydrogen) atoms. The molecule has 9 atom stereocenters. The van der Waals surface area contributed by atoms with Crippen LogP contribution in [-0.2, 0) is 38.0 Å². The number of aliphatic hydroxyl groups excluding tert-OH is 5. The van der Waals surface area contributed by atoms with Gasteiger partial charge in [-0.3, -0.25) is 4.79 Å². The number of phenols is 1. The predicted molar refractivity (Wildman–Crippen MR) is 162 cm³/mol. The lowest BCUT2D eigenvalue weighted by Gasteiger charge is -2.43. The maximum atomic E-state index is 13.0. The van der Waals surface area contributed by atoms with Crippen molar-refractivity contribution in [2.24, 2.45) is 0 Å². The van der Waals surface area contributed by atoms with Crippen molar-refractivity contribution in [1.82, 2.24) is 0 Å². The minimum atomic E-state index is -2.50. The molecule has 4 rings (SSSR count). The first kappa shape index (κ1) is 37.5. The second kappa shape index (κ2) is 16.4. The molecule has 6 N–H and O–H groups in total. The highest BCUT2D eigenvalue weighted by Gasteiger charge is 2.61. The molecular formula is C32H38O17. The molecule has 0 aliphatic carbocycles. The maximum Gasteiger partial charge on any atom is 0.338 e. The van der Waals surface area contributed by atoms with Gasteiger partial charge in [0.2, 0.25) is 11.5 Å². The quantitative estimate of drug-likeness (QED) is 0.0838. The van der Waals surface area contributed by atoms with E-state index in [0.29, 0.717) is 5.56 Å². The molecule has 17 heteroatoms. The van der Waals surface area contributed by atoms with Crippen LogP contribution in [0.2, 0.25) is 0 Å². The molecule has 0 spiro atoms. The van der Waals surface area contributed by atoms with E-state index in [0.717, 1.165) is 13.0 Å². The van der Waals surface area contributed by atoms with Gasteiger partial charge in [-0.2, -0.15) is 0 Å². The molecule has 2 aromatic rings. The first-order chi connectivity index (χ1) is 23.3. The van der Waals surface area contributed by atoms with Gasteiger partial charge < -0.3 is 68.5 Å². The van der Waals surface area contributed by atoms with Crippen molar-refractivity contribution < 1.29 is 82.9 Å². The van der Waals surface area contributed by atoms with Crippen LogP contribution in [0.5, 0.6) is 17.2 Å². The molecule has 2 saturated heterocycles. The normalized spacial score (nSPS) is 29.7. The highest BCUT2D eigenvalue weighted by molar-refractivity contribution is 5.89. The van der Waals surface area contributed by atoms with E-state index in [4.69, 9.17) is 37.9 Å². The second-order valence-electron chi connectivity index (χ2n) is 11.0. The SMILES string of the molecule is COc1cc(C=CC(=O)O[C@H]2[C@H](O)[C@@H](COC(C)=O)O[C@]2(CO)O[C@H]2O[C@H](COC(=O)c3ccccc3)[C@@H](O)[C@H](O)[C@H]2O)cc(OC)c1O. The summed E-state index contributed by atoms with van der Waals surface area (Å²) in [5.74, 6) is -5.32. The van der Waals surface area contributed by atoms with Crippen molar-refractivity contribution in [2.45, 2.75) is 61.7 Å². The smallest absolute Gasteiger partial charge is 0.338 e. The number of ether oxygens (including phenoxy) is 8. The summed E-state index contributed by atoms with van der Waals surface area (Å²) in [7, 11) is 2.62. The molecular weight excluding hydrogens is 656 g/mol. The molecule has 0 aromatic heterocycles. The Hall–Kier alpha value is -4.33. The van der Waals surface area contributed by atoms with Crippen molar-refractivity contribution in [3.8, 4) is 17.2 Å². The monoisotopic (exact) mass is 694 g/mol. The highest BCUT2D eigenvalue weighted by Crippen LogP contribution is 2.39. The molecule has 0 saturated carbocycles. The molecule has 0 amide bonds. The third-order valence-electron chi connectivity index (χ3n) is 7.68. The van der Waals surface area contributed by atoms with Gasteiger partial charge in [0.25, 0.3) is 0 Å². The number of carbonyl (C=O) groups is 3. The Morgan fingerprint density at radius 1 is 0.878 bits per heavy atom. The minimum absolute atomic E-state index is 0.0412. The fraction of sp³-hybridized carbons (Fsp3) is 0.469. The molecule has 2 aliphatic rings. The Morgan fingerprint density at radius 3 is 2.10 bits per heavy atom. The molecule has 2 fully saturated rings. The van der Waals surface area contributed by atoms with Gasteiger partial charge in [0, 0.05) is 13.0 Å². The summed E-state index contributed by atoms with van der Waals surface area (Å²) in [6.45, 7) is -1.24. The molecule has 0 radical (unpaired) electrons. The third-order valence-corrected chi connectivity index (χ3v) is 7.68. The lowest BCUT2D eigenvalue weighted by molar-refractivity contribution is -0.383. The summed E-state index contributed by atoms with van der Waals surface area (Å²) in [6.07, 6.45) is -12.0. The van der Waals surface area contributed by atoms with Crippen molar-refractivity contribution >= 4 is 24.0 Å². The Kier molecular flexibility index (Phi) is 12.5. The summed E-state index contributed by atoms with van der Waals surface area (Å²) in [5.41, 5.74) is 0.518. The second-order valence-corrected chi connectivity index (χ2v) is 11.0. The van der Waals surface area contributed by atoms with Crippen molar-refractivity contribution in [3.63, 3.8) is 0 Å². The predicted octanol–water partition coefficient (Wildman–Crippen LogP) is -0.973. The zero-order valence-electron chi connectivity index (χ0n) is 26.6. The van der Waals surface area contributed by atoms with E-state index in [1.54, 1.807) is 18.2 Å². The van der Waals surface area contributed by atoms with Gasteiger partial charge in [-0.1, -0.05) is 18.2 Å². The fourth-order valence-corrected chi connectivity index (χ4v) is 5.10. The van der Waals surface area contributed by atoms with Crippen LogP contribution in [0.4, 0.5) is 0 Å². The molecule has 2 heterocycles. The Balaban J connectivity index is 1.56. The van der Waals surface area contributed by atoms with E-state index in [-0.39, 0.29) is 22.8 Å². The van der Waals surface area contributed by atoms with Crippen LogP contribution in [0.1, 0.15) is 22.8 Å².